The predicted octanol–water partition coefficient (Wildman–Crippen LogP) is 1.75. The summed E-state index contributed by atoms with van der Waals surface area (Å²) in [5.74, 6) is 1.83. The van der Waals surface area contributed by atoms with Gasteiger partial charge < -0.3 is 10.6 Å². The summed E-state index contributed by atoms with van der Waals surface area (Å²) in [6.45, 7) is 3.17. The van der Waals surface area contributed by atoms with Crippen molar-refractivity contribution in [3.8, 4) is 0 Å². The molecule has 2 aliphatic rings. The van der Waals surface area contributed by atoms with Crippen molar-refractivity contribution in [2.75, 3.05) is 25.9 Å². The van der Waals surface area contributed by atoms with E-state index < -0.39 is 0 Å². The standard InChI is InChI=1S/C17H30N4O2S/c1-3-24-14-7-4-6-13(12-14)20-17(18-2)19-10-11-21-15(22)8-5-9-16(21)23/h13-14H,3-12H2,1-2H3,(H2,18,19,20). The van der Waals surface area contributed by atoms with Gasteiger partial charge in [0, 0.05) is 44.3 Å². The van der Waals surface area contributed by atoms with E-state index in [2.05, 4.69) is 22.5 Å². The van der Waals surface area contributed by atoms with E-state index in [0.717, 1.165) is 11.2 Å². The van der Waals surface area contributed by atoms with Gasteiger partial charge in [-0.1, -0.05) is 13.3 Å². The van der Waals surface area contributed by atoms with E-state index in [1.807, 2.05) is 11.8 Å². The van der Waals surface area contributed by atoms with Crippen molar-refractivity contribution < 1.29 is 9.59 Å². The van der Waals surface area contributed by atoms with Crippen molar-refractivity contribution in [2.24, 2.45) is 4.99 Å². The number of nitrogens with zero attached hydrogens (tertiary/aromatic N) is 2. The smallest absolute Gasteiger partial charge is 0.229 e. The first-order valence-electron chi connectivity index (χ1n) is 9.06. The van der Waals surface area contributed by atoms with Gasteiger partial charge in [0.15, 0.2) is 5.96 Å². The van der Waals surface area contributed by atoms with Crippen LogP contribution in [0.5, 0.6) is 0 Å². The van der Waals surface area contributed by atoms with E-state index in [-0.39, 0.29) is 11.8 Å². The first kappa shape index (κ1) is 19.1. The number of aliphatic imine (C=N–C) groups is 1. The molecular weight excluding hydrogens is 324 g/mol. The molecule has 2 amide bonds. The topological polar surface area (TPSA) is 73.8 Å². The van der Waals surface area contributed by atoms with Crippen LogP contribution < -0.4 is 10.6 Å². The molecule has 1 heterocycles. The largest absolute Gasteiger partial charge is 0.355 e. The number of thioether (sulfide) groups is 1. The van der Waals surface area contributed by atoms with E-state index in [1.54, 1.807) is 7.05 Å². The van der Waals surface area contributed by atoms with Gasteiger partial charge in [-0.25, -0.2) is 0 Å². The summed E-state index contributed by atoms with van der Waals surface area (Å²) >= 11 is 2.05. The van der Waals surface area contributed by atoms with E-state index in [9.17, 15) is 9.59 Å². The van der Waals surface area contributed by atoms with Gasteiger partial charge in [0.25, 0.3) is 0 Å². The zero-order chi connectivity index (χ0) is 17.4. The number of nitrogens with one attached hydrogen (secondary N) is 2. The number of hydrogen-bond donors (Lipinski definition) is 2. The molecule has 24 heavy (non-hydrogen) atoms. The summed E-state index contributed by atoms with van der Waals surface area (Å²) in [5.41, 5.74) is 0. The second-order valence-electron chi connectivity index (χ2n) is 6.38. The van der Waals surface area contributed by atoms with Crippen LogP contribution in [0.3, 0.4) is 0 Å². The zero-order valence-corrected chi connectivity index (χ0v) is 15.7. The first-order chi connectivity index (χ1) is 11.6. The number of hydrogen-bond acceptors (Lipinski definition) is 4. The maximum atomic E-state index is 11.8. The molecule has 0 spiro atoms. The molecule has 2 N–H and O–H groups in total. The van der Waals surface area contributed by atoms with Crippen LogP contribution in [-0.2, 0) is 9.59 Å². The Kier molecular flexibility index (Phi) is 7.88. The Morgan fingerprint density at radius 3 is 2.67 bits per heavy atom. The molecule has 1 aliphatic carbocycles. The molecule has 1 aliphatic heterocycles. The van der Waals surface area contributed by atoms with Crippen molar-refractivity contribution in [3.63, 3.8) is 0 Å². The average molecular weight is 355 g/mol. The average Bonchev–Trinajstić information content (AvgIpc) is 2.57. The molecule has 2 unspecified atom stereocenters. The van der Waals surface area contributed by atoms with Crippen LogP contribution in [0.15, 0.2) is 4.99 Å². The van der Waals surface area contributed by atoms with Gasteiger partial charge in [0.2, 0.25) is 11.8 Å². The van der Waals surface area contributed by atoms with Gasteiger partial charge in [0.1, 0.15) is 0 Å². The lowest BCUT2D eigenvalue weighted by molar-refractivity contribution is -0.147. The van der Waals surface area contributed by atoms with E-state index in [4.69, 9.17) is 0 Å². The molecule has 0 aromatic rings. The molecule has 0 bridgehead atoms. The molecule has 2 fully saturated rings. The van der Waals surface area contributed by atoms with Gasteiger partial charge >= 0.3 is 0 Å². The van der Waals surface area contributed by atoms with Crippen LogP contribution in [0.25, 0.3) is 0 Å². The molecule has 0 radical (unpaired) electrons. The Balaban J connectivity index is 1.74. The highest BCUT2D eigenvalue weighted by Gasteiger charge is 2.25. The van der Waals surface area contributed by atoms with E-state index >= 15 is 0 Å². The van der Waals surface area contributed by atoms with Gasteiger partial charge in [-0.3, -0.25) is 19.5 Å². The number of imide groups is 1. The highest BCUT2D eigenvalue weighted by molar-refractivity contribution is 7.99. The fraction of sp³-hybridized carbons (Fsp3) is 0.824. The number of rotatable bonds is 6. The lowest BCUT2D eigenvalue weighted by atomic mass is 9.95. The number of carbonyl (C=O) groups excluding carboxylic acids is 2. The third-order valence-corrected chi connectivity index (χ3v) is 5.84. The summed E-state index contributed by atoms with van der Waals surface area (Å²) in [6.07, 6.45) is 6.55. The van der Waals surface area contributed by atoms with E-state index in [1.165, 1.54) is 36.3 Å². The monoisotopic (exact) mass is 354 g/mol. The van der Waals surface area contributed by atoms with Crippen LogP contribution in [0.1, 0.15) is 51.9 Å². The number of likely N-dealkylation sites (tertiary alicyclic amines) is 1. The first-order valence-corrected chi connectivity index (χ1v) is 10.1. The normalized spacial score (nSPS) is 25.8. The second kappa shape index (κ2) is 9.91. The molecular formula is C17H30N4O2S. The number of piperidine rings is 1. The molecule has 1 saturated heterocycles. The van der Waals surface area contributed by atoms with Gasteiger partial charge in [-0.05, 0) is 31.4 Å². The Labute approximate surface area is 149 Å². The maximum absolute atomic E-state index is 11.8. The molecule has 1 saturated carbocycles. The third kappa shape index (κ3) is 5.69. The Hall–Kier alpha value is -1.24. The lowest BCUT2D eigenvalue weighted by Gasteiger charge is -2.30. The quantitative estimate of drug-likeness (QED) is 0.432. The van der Waals surface area contributed by atoms with Crippen LogP contribution in [0.2, 0.25) is 0 Å². The van der Waals surface area contributed by atoms with E-state index in [0.29, 0.717) is 38.4 Å². The van der Waals surface area contributed by atoms with Crippen LogP contribution in [0.4, 0.5) is 0 Å². The Bertz CT molecular complexity index is 452. The highest BCUT2D eigenvalue weighted by Crippen LogP contribution is 2.28. The minimum atomic E-state index is -0.0530. The molecule has 7 heteroatoms. The summed E-state index contributed by atoms with van der Waals surface area (Å²) in [4.78, 5) is 29.2. The molecule has 0 aromatic carbocycles. The van der Waals surface area contributed by atoms with Gasteiger partial charge in [0.05, 0.1) is 0 Å². The maximum Gasteiger partial charge on any atom is 0.229 e. The fourth-order valence-electron chi connectivity index (χ4n) is 3.39. The Morgan fingerprint density at radius 2 is 2.00 bits per heavy atom. The molecule has 2 rings (SSSR count). The second-order valence-corrected chi connectivity index (χ2v) is 7.95. The zero-order valence-electron chi connectivity index (χ0n) is 14.8. The van der Waals surface area contributed by atoms with Crippen molar-refractivity contribution in [1.82, 2.24) is 15.5 Å². The number of amides is 2. The highest BCUT2D eigenvalue weighted by atomic mass is 32.2. The summed E-state index contributed by atoms with van der Waals surface area (Å²) in [6, 6.07) is 0.451. The van der Waals surface area contributed by atoms with Gasteiger partial charge in [-0.2, -0.15) is 11.8 Å². The number of guanidine groups is 1. The summed E-state index contributed by atoms with van der Waals surface area (Å²) in [5, 5.41) is 7.47. The number of carbonyl (C=O) groups is 2. The SMILES string of the molecule is CCSC1CCCC(NC(=NC)NCCN2C(=O)CCCC2=O)C1. The fourth-order valence-corrected chi connectivity index (χ4v) is 4.56. The third-order valence-electron chi connectivity index (χ3n) is 4.60. The molecule has 136 valence electrons. The van der Waals surface area contributed by atoms with Crippen molar-refractivity contribution in [2.45, 2.75) is 63.2 Å². The minimum absolute atomic E-state index is 0.0530. The molecule has 6 nitrogen and oxygen atoms in total. The van der Waals surface area contributed by atoms with Crippen LogP contribution in [-0.4, -0.2) is 59.9 Å². The van der Waals surface area contributed by atoms with Gasteiger partial charge in [-0.15, -0.1) is 0 Å². The van der Waals surface area contributed by atoms with Crippen molar-refractivity contribution in [3.05, 3.63) is 0 Å². The lowest BCUT2D eigenvalue weighted by Crippen LogP contribution is -2.49. The van der Waals surface area contributed by atoms with Crippen molar-refractivity contribution >= 4 is 29.5 Å². The summed E-state index contributed by atoms with van der Waals surface area (Å²) < 4.78 is 0. The molecule has 0 aromatic heterocycles. The molecule has 2 atom stereocenters. The van der Waals surface area contributed by atoms with Crippen LogP contribution in [0, 0.1) is 0 Å². The Morgan fingerprint density at radius 1 is 1.25 bits per heavy atom. The minimum Gasteiger partial charge on any atom is -0.355 e. The predicted molar refractivity (Wildman–Crippen MR) is 99.2 cm³/mol. The summed E-state index contributed by atoms with van der Waals surface area (Å²) in [7, 11) is 1.76. The van der Waals surface area contributed by atoms with Crippen molar-refractivity contribution in [1.29, 1.82) is 0 Å². The van der Waals surface area contributed by atoms with Crippen LogP contribution >= 0.6 is 11.8 Å².